The molecule has 1 fully saturated rings. The SMILES string of the molecule is COC(=O)c1cccc(N(Cc2c(F)cccc2Cl)C2=N[C@H]3CS(=O)(=O)C[C@@H]3S2)c1. The van der Waals surface area contributed by atoms with E-state index in [1.54, 1.807) is 35.2 Å². The number of sulfone groups is 1. The van der Waals surface area contributed by atoms with Crippen LogP contribution in [0.3, 0.4) is 0 Å². The molecule has 2 atom stereocenters. The number of carbonyl (C=O) groups excluding carboxylic acids is 1. The molecule has 2 aromatic carbocycles. The fourth-order valence-electron chi connectivity index (χ4n) is 3.50. The van der Waals surface area contributed by atoms with Gasteiger partial charge in [-0.3, -0.25) is 4.99 Å². The van der Waals surface area contributed by atoms with Gasteiger partial charge in [-0.1, -0.05) is 35.5 Å². The molecule has 0 saturated carbocycles. The maximum Gasteiger partial charge on any atom is 0.337 e. The average Bonchev–Trinajstić information content (AvgIpc) is 3.20. The highest BCUT2D eigenvalue weighted by Crippen LogP contribution is 2.38. The first-order valence-corrected chi connectivity index (χ1v) is 12.2. The number of amidine groups is 1. The van der Waals surface area contributed by atoms with Crippen molar-refractivity contribution >= 4 is 50.0 Å². The second-order valence-corrected chi connectivity index (χ2v) is 10.8. The first-order chi connectivity index (χ1) is 14.3. The molecule has 0 amide bonds. The predicted octanol–water partition coefficient (Wildman–Crippen LogP) is 3.54. The highest BCUT2D eigenvalue weighted by atomic mass is 35.5. The van der Waals surface area contributed by atoms with Crippen LogP contribution in [-0.4, -0.2) is 49.5 Å². The lowest BCUT2D eigenvalue weighted by molar-refractivity contribution is 0.0600. The molecule has 10 heteroatoms. The normalized spacial score (nSPS) is 21.8. The Balaban J connectivity index is 1.74. The number of ether oxygens (including phenoxy) is 1. The highest BCUT2D eigenvalue weighted by molar-refractivity contribution is 8.15. The summed E-state index contributed by atoms with van der Waals surface area (Å²) < 4.78 is 43.1. The summed E-state index contributed by atoms with van der Waals surface area (Å²) in [4.78, 5) is 18.4. The van der Waals surface area contributed by atoms with Gasteiger partial charge in [0.1, 0.15) is 5.82 Å². The summed E-state index contributed by atoms with van der Waals surface area (Å²) in [6, 6.07) is 10.8. The van der Waals surface area contributed by atoms with Gasteiger partial charge in [0, 0.05) is 21.5 Å². The van der Waals surface area contributed by atoms with Crippen molar-refractivity contribution in [2.75, 3.05) is 23.5 Å². The molecule has 2 aromatic rings. The van der Waals surface area contributed by atoms with Gasteiger partial charge in [-0.2, -0.15) is 0 Å². The Morgan fingerprint density at radius 1 is 1.30 bits per heavy atom. The van der Waals surface area contributed by atoms with E-state index in [1.165, 1.54) is 31.0 Å². The smallest absolute Gasteiger partial charge is 0.337 e. The molecule has 2 aliphatic rings. The second-order valence-electron chi connectivity index (χ2n) is 7.04. The van der Waals surface area contributed by atoms with Gasteiger partial charge < -0.3 is 9.64 Å². The molecule has 2 heterocycles. The number of thioether (sulfide) groups is 1. The largest absolute Gasteiger partial charge is 0.465 e. The number of hydrogen-bond donors (Lipinski definition) is 0. The van der Waals surface area contributed by atoms with E-state index in [0.29, 0.717) is 16.4 Å². The number of carbonyl (C=O) groups is 1. The molecule has 158 valence electrons. The van der Waals surface area contributed by atoms with E-state index in [9.17, 15) is 17.6 Å². The van der Waals surface area contributed by atoms with Crippen molar-refractivity contribution in [1.29, 1.82) is 0 Å². The van der Waals surface area contributed by atoms with Crippen LogP contribution >= 0.6 is 23.4 Å². The van der Waals surface area contributed by atoms with E-state index < -0.39 is 21.6 Å². The molecule has 4 rings (SSSR count). The average molecular weight is 469 g/mol. The minimum atomic E-state index is -3.10. The summed E-state index contributed by atoms with van der Waals surface area (Å²) in [6.07, 6.45) is 0. The number of hydrogen-bond acceptors (Lipinski definition) is 7. The van der Waals surface area contributed by atoms with E-state index in [2.05, 4.69) is 4.99 Å². The lowest BCUT2D eigenvalue weighted by atomic mass is 10.1. The first-order valence-electron chi connectivity index (χ1n) is 9.11. The van der Waals surface area contributed by atoms with E-state index >= 15 is 0 Å². The van der Waals surface area contributed by atoms with Crippen LogP contribution in [0.1, 0.15) is 15.9 Å². The molecule has 0 N–H and O–H groups in total. The maximum atomic E-state index is 14.5. The van der Waals surface area contributed by atoms with Crippen LogP contribution in [0.15, 0.2) is 47.5 Å². The van der Waals surface area contributed by atoms with Crippen molar-refractivity contribution < 1.29 is 22.3 Å². The molecule has 2 aliphatic heterocycles. The van der Waals surface area contributed by atoms with Crippen molar-refractivity contribution in [3.05, 3.63) is 64.4 Å². The van der Waals surface area contributed by atoms with Gasteiger partial charge in [-0.25, -0.2) is 17.6 Å². The molecule has 0 unspecified atom stereocenters. The Morgan fingerprint density at radius 2 is 2.07 bits per heavy atom. The monoisotopic (exact) mass is 468 g/mol. The maximum absolute atomic E-state index is 14.5. The van der Waals surface area contributed by atoms with Crippen LogP contribution < -0.4 is 4.90 Å². The number of anilines is 1. The van der Waals surface area contributed by atoms with Gasteiger partial charge in [0.05, 0.1) is 36.8 Å². The molecule has 30 heavy (non-hydrogen) atoms. The Hall–Kier alpha value is -2.10. The predicted molar refractivity (Wildman–Crippen MR) is 117 cm³/mol. The molecular weight excluding hydrogens is 451 g/mol. The Labute approximate surface area is 183 Å². The van der Waals surface area contributed by atoms with E-state index in [-0.39, 0.29) is 39.9 Å². The third kappa shape index (κ3) is 4.19. The fourth-order valence-corrected chi connectivity index (χ4v) is 7.50. The standard InChI is InChI=1S/C20H18ClFN2O4S2/c1-28-19(25)12-4-2-5-13(8-12)24(9-14-15(21)6-3-7-16(14)22)20-23-17-10-30(26,27)11-18(17)29-20/h2-8,17-18H,9-11H2,1H3/t17-,18-/m0/s1. The van der Waals surface area contributed by atoms with Gasteiger partial charge in [0.2, 0.25) is 0 Å². The Bertz CT molecular complexity index is 1120. The Morgan fingerprint density at radius 3 is 2.77 bits per heavy atom. The molecule has 1 saturated heterocycles. The minimum absolute atomic E-state index is 0.00462. The molecule has 0 bridgehead atoms. The number of methoxy groups -OCH3 is 1. The lowest BCUT2D eigenvalue weighted by Crippen LogP contribution is -2.29. The number of rotatable bonds is 4. The quantitative estimate of drug-likeness (QED) is 0.639. The summed E-state index contributed by atoms with van der Waals surface area (Å²) in [5.74, 6) is -0.885. The molecule has 6 nitrogen and oxygen atoms in total. The summed E-state index contributed by atoms with van der Waals surface area (Å²) in [5, 5.41) is 0.670. The van der Waals surface area contributed by atoms with Crippen LogP contribution in [0.5, 0.6) is 0 Å². The van der Waals surface area contributed by atoms with Crippen molar-refractivity contribution in [2.24, 2.45) is 4.99 Å². The van der Waals surface area contributed by atoms with Crippen LogP contribution in [0.25, 0.3) is 0 Å². The summed E-state index contributed by atoms with van der Waals surface area (Å²) in [7, 11) is -1.81. The molecule has 0 radical (unpaired) electrons. The number of benzene rings is 2. The first kappa shape index (κ1) is 21.1. The zero-order valence-electron chi connectivity index (χ0n) is 15.9. The third-order valence-electron chi connectivity index (χ3n) is 4.99. The third-order valence-corrected chi connectivity index (χ3v) is 8.59. The number of halogens is 2. The fraction of sp³-hybridized carbons (Fsp3) is 0.300. The summed E-state index contributed by atoms with van der Waals surface area (Å²) >= 11 is 7.59. The van der Waals surface area contributed by atoms with Gasteiger partial charge in [-0.15, -0.1) is 0 Å². The van der Waals surface area contributed by atoms with E-state index in [4.69, 9.17) is 16.3 Å². The van der Waals surface area contributed by atoms with E-state index in [0.717, 1.165) is 0 Å². The number of nitrogens with zero attached hydrogens (tertiary/aromatic N) is 2. The number of fused-ring (bicyclic) bond motifs is 1. The topological polar surface area (TPSA) is 76.0 Å². The zero-order chi connectivity index (χ0) is 21.5. The van der Waals surface area contributed by atoms with Crippen molar-refractivity contribution in [3.8, 4) is 0 Å². The number of esters is 1. The number of aliphatic imine (C=N–C) groups is 1. The molecule has 0 aliphatic carbocycles. The van der Waals surface area contributed by atoms with Gasteiger partial charge in [0.25, 0.3) is 0 Å². The van der Waals surface area contributed by atoms with Crippen LogP contribution in [-0.2, 0) is 21.1 Å². The van der Waals surface area contributed by atoms with Crippen molar-refractivity contribution in [1.82, 2.24) is 0 Å². The summed E-state index contributed by atoms with van der Waals surface area (Å²) in [5.41, 5.74) is 1.23. The second kappa shape index (κ2) is 8.20. The van der Waals surface area contributed by atoms with Gasteiger partial charge in [-0.05, 0) is 30.3 Å². The van der Waals surface area contributed by atoms with Crippen LogP contribution in [0.4, 0.5) is 10.1 Å². The molecule has 0 spiro atoms. The van der Waals surface area contributed by atoms with Crippen molar-refractivity contribution in [2.45, 2.75) is 17.8 Å². The minimum Gasteiger partial charge on any atom is -0.465 e. The highest BCUT2D eigenvalue weighted by Gasteiger charge is 2.44. The van der Waals surface area contributed by atoms with Crippen LogP contribution in [0.2, 0.25) is 5.02 Å². The molecule has 0 aromatic heterocycles. The summed E-state index contributed by atoms with van der Waals surface area (Å²) in [6.45, 7) is 0.0775. The van der Waals surface area contributed by atoms with Crippen LogP contribution in [0, 0.1) is 5.82 Å². The van der Waals surface area contributed by atoms with E-state index in [1.807, 2.05) is 0 Å². The zero-order valence-corrected chi connectivity index (χ0v) is 18.3. The molecular formula is C20H18ClFN2O4S2. The van der Waals surface area contributed by atoms with Gasteiger partial charge >= 0.3 is 5.97 Å². The van der Waals surface area contributed by atoms with Crippen molar-refractivity contribution in [3.63, 3.8) is 0 Å². The Kier molecular flexibility index (Phi) is 5.78. The lowest BCUT2D eigenvalue weighted by Gasteiger charge is -2.26. The van der Waals surface area contributed by atoms with Gasteiger partial charge in [0.15, 0.2) is 15.0 Å².